The van der Waals surface area contributed by atoms with Crippen LogP contribution in [0.5, 0.6) is 5.75 Å². The minimum absolute atomic E-state index is 0.348. The Balaban J connectivity index is 1.96. The van der Waals surface area contributed by atoms with Gasteiger partial charge in [-0.3, -0.25) is 0 Å². The second kappa shape index (κ2) is 7.52. The zero-order chi connectivity index (χ0) is 15.9. The number of anilines is 2. The van der Waals surface area contributed by atoms with E-state index in [1.54, 1.807) is 36.4 Å². The molecule has 4 nitrogen and oxygen atoms in total. The van der Waals surface area contributed by atoms with Crippen LogP contribution < -0.4 is 15.4 Å². The van der Waals surface area contributed by atoms with Crippen LogP contribution in [0, 0.1) is 0 Å². The second-order valence-corrected chi connectivity index (χ2v) is 5.30. The summed E-state index contributed by atoms with van der Waals surface area (Å²) in [5.41, 5.74) is 2.19. The Morgan fingerprint density at radius 3 is 2.41 bits per heavy atom. The largest absolute Gasteiger partial charge is 0.489 e. The fourth-order valence-electron chi connectivity index (χ4n) is 1.73. The Bertz CT molecular complexity index is 686. The van der Waals surface area contributed by atoms with Crippen LogP contribution in [0.4, 0.5) is 16.2 Å². The molecule has 114 valence electrons. The fraction of sp³-hybridized carbons (Fsp3) is 0.118. The summed E-state index contributed by atoms with van der Waals surface area (Å²) in [6, 6.07) is 13.8. The summed E-state index contributed by atoms with van der Waals surface area (Å²) in [6.45, 7) is 6.11. The predicted octanol–water partition coefficient (Wildman–Crippen LogP) is 4.94. The van der Waals surface area contributed by atoms with Crippen molar-refractivity contribution in [2.75, 3.05) is 17.2 Å². The van der Waals surface area contributed by atoms with Gasteiger partial charge in [0, 0.05) is 22.5 Å². The third kappa shape index (κ3) is 5.14. The van der Waals surface area contributed by atoms with Crippen molar-refractivity contribution in [2.45, 2.75) is 6.92 Å². The van der Waals surface area contributed by atoms with Crippen LogP contribution in [0.15, 0.2) is 60.7 Å². The van der Waals surface area contributed by atoms with Gasteiger partial charge in [0.15, 0.2) is 0 Å². The van der Waals surface area contributed by atoms with Gasteiger partial charge in [-0.1, -0.05) is 30.3 Å². The second-order valence-electron chi connectivity index (χ2n) is 4.86. The van der Waals surface area contributed by atoms with Crippen molar-refractivity contribution in [1.82, 2.24) is 0 Å². The Morgan fingerprint density at radius 1 is 1.14 bits per heavy atom. The van der Waals surface area contributed by atoms with Crippen LogP contribution in [0.1, 0.15) is 6.92 Å². The first kappa shape index (κ1) is 15.9. The van der Waals surface area contributed by atoms with E-state index in [1.807, 2.05) is 19.1 Å². The van der Waals surface area contributed by atoms with Gasteiger partial charge in [0.2, 0.25) is 0 Å². The van der Waals surface area contributed by atoms with Crippen molar-refractivity contribution in [3.8, 4) is 5.75 Å². The molecule has 5 heteroatoms. The Labute approximate surface area is 134 Å². The molecule has 0 unspecified atom stereocenters. The number of rotatable bonds is 5. The lowest BCUT2D eigenvalue weighted by Gasteiger charge is -2.10. The van der Waals surface area contributed by atoms with E-state index in [-0.39, 0.29) is 6.03 Å². The molecule has 0 aliphatic carbocycles. The molecule has 0 heterocycles. The average molecular weight is 317 g/mol. The van der Waals surface area contributed by atoms with Gasteiger partial charge in [0.05, 0.1) is 0 Å². The van der Waals surface area contributed by atoms with Gasteiger partial charge in [-0.25, -0.2) is 4.79 Å². The number of carbonyl (C=O) groups is 1. The highest BCUT2D eigenvalue weighted by molar-refractivity contribution is 6.30. The van der Waals surface area contributed by atoms with Gasteiger partial charge in [-0.15, -0.1) is 0 Å². The van der Waals surface area contributed by atoms with Crippen molar-refractivity contribution in [2.24, 2.45) is 0 Å². The van der Waals surface area contributed by atoms with Crippen LogP contribution >= 0.6 is 11.6 Å². The van der Waals surface area contributed by atoms with E-state index < -0.39 is 0 Å². The van der Waals surface area contributed by atoms with Crippen molar-refractivity contribution in [3.05, 3.63) is 65.7 Å². The maximum absolute atomic E-state index is 12.0. The monoisotopic (exact) mass is 316 g/mol. The molecule has 0 spiro atoms. The molecule has 0 saturated carbocycles. The molecule has 2 N–H and O–H groups in total. The normalized spacial score (nSPS) is 9.91. The first-order valence-corrected chi connectivity index (χ1v) is 7.11. The smallest absolute Gasteiger partial charge is 0.323 e. The Morgan fingerprint density at radius 2 is 1.77 bits per heavy atom. The van der Waals surface area contributed by atoms with Gasteiger partial charge in [0.1, 0.15) is 12.4 Å². The SMILES string of the molecule is C=C(C)COc1cccc(NC(=O)Nc2cccc(Cl)c2)c1. The number of hydrogen-bond acceptors (Lipinski definition) is 2. The van der Waals surface area contributed by atoms with Gasteiger partial charge < -0.3 is 15.4 Å². The lowest BCUT2D eigenvalue weighted by molar-refractivity contribution is 0.262. The number of carbonyl (C=O) groups excluding carboxylic acids is 1. The first-order valence-electron chi connectivity index (χ1n) is 6.74. The third-order valence-corrected chi connectivity index (χ3v) is 2.89. The van der Waals surface area contributed by atoms with E-state index in [2.05, 4.69) is 17.2 Å². The van der Waals surface area contributed by atoms with E-state index in [0.717, 1.165) is 5.57 Å². The highest BCUT2D eigenvalue weighted by Crippen LogP contribution is 2.19. The molecule has 2 amide bonds. The van der Waals surface area contributed by atoms with E-state index >= 15 is 0 Å². The quantitative estimate of drug-likeness (QED) is 0.768. The molecule has 2 rings (SSSR count). The molecule has 0 saturated heterocycles. The summed E-state index contributed by atoms with van der Waals surface area (Å²) in [7, 11) is 0. The lowest BCUT2D eigenvalue weighted by atomic mass is 10.3. The molecule has 0 bridgehead atoms. The Hall–Kier alpha value is -2.46. The Kier molecular flexibility index (Phi) is 5.44. The molecule has 2 aromatic carbocycles. The number of nitrogens with one attached hydrogen (secondary N) is 2. The van der Waals surface area contributed by atoms with Crippen molar-refractivity contribution >= 4 is 29.0 Å². The van der Waals surface area contributed by atoms with Crippen LogP contribution in [-0.2, 0) is 0 Å². The predicted molar refractivity (Wildman–Crippen MR) is 90.8 cm³/mol. The molecular formula is C17H17ClN2O2. The summed E-state index contributed by atoms with van der Waals surface area (Å²) in [5.74, 6) is 0.670. The summed E-state index contributed by atoms with van der Waals surface area (Å²) < 4.78 is 5.53. The van der Waals surface area contributed by atoms with Crippen molar-refractivity contribution in [3.63, 3.8) is 0 Å². The summed E-state index contributed by atoms with van der Waals surface area (Å²) >= 11 is 5.87. The molecule has 0 fully saturated rings. The van der Waals surface area contributed by atoms with E-state index in [9.17, 15) is 4.79 Å². The molecule has 0 radical (unpaired) electrons. The van der Waals surface area contributed by atoms with Crippen LogP contribution in [0.3, 0.4) is 0 Å². The summed E-state index contributed by atoms with van der Waals surface area (Å²) in [5, 5.41) is 6.02. The minimum atomic E-state index is -0.348. The van der Waals surface area contributed by atoms with Crippen LogP contribution in [0.25, 0.3) is 0 Å². The molecule has 0 aliphatic rings. The summed E-state index contributed by atoms with van der Waals surface area (Å²) in [6.07, 6.45) is 0. The number of amides is 2. The van der Waals surface area contributed by atoms with Crippen molar-refractivity contribution < 1.29 is 9.53 Å². The summed E-state index contributed by atoms with van der Waals surface area (Å²) in [4.78, 5) is 12.0. The molecule has 2 aromatic rings. The maximum Gasteiger partial charge on any atom is 0.323 e. The topological polar surface area (TPSA) is 50.4 Å². The van der Waals surface area contributed by atoms with Crippen molar-refractivity contribution in [1.29, 1.82) is 0 Å². The molecule has 0 aliphatic heterocycles. The lowest BCUT2D eigenvalue weighted by Crippen LogP contribution is -2.19. The molecule has 0 atom stereocenters. The van der Waals surface area contributed by atoms with Gasteiger partial charge in [-0.05, 0) is 42.8 Å². The fourth-order valence-corrected chi connectivity index (χ4v) is 1.92. The molecule has 22 heavy (non-hydrogen) atoms. The van der Waals surface area contributed by atoms with Gasteiger partial charge in [0.25, 0.3) is 0 Å². The highest BCUT2D eigenvalue weighted by atomic mass is 35.5. The van der Waals surface area contributed by atoms with E-state index in [0.29, 0.717) is 28.8 Å². The first-order chi connectivity index (χ1) is 10.5. The van der Waals surface area contributed by atoms with E-state index in [1.165, 1.54) is 0 Å². The van der Waals surface area contributed by atoms with Crippen LogP contribution in [0.2, 0.25) is 5.02 Å². The number of halogens is 1. The molecular weight excluding hydrogens is 300 g/mol. The molecule has 0 aromatic heterocycles. The zero-order valence-electron chi connectivity index (χ0n) is 12.2. The number of hydrogen-bond donors (Lipinski definition) is 2. The number of urea groups is 1. The van der Waals surface area contributed by atoms with Gasteiger partial charge in [-0.2, -0.15) is 0 Å². The van der Waals surface area contributed by atoms with E-state index in [4.69, 9.17) is 16.3 Å². The minimum Gasteiger partial charge on any atom is -0.489 e. The standard InChI is InChI=1S/C17H17ClN2O2/c1-12(2)11-22-16-8-4-7-15(10-16)20-17(21)19-14-6-3-5-13(18)9-14/h3-10H,1,11H2,2H3,(H2,19,20,21). The number of benzene rings is 2. The number of ether oxygens (including phenoxy) is 1. The van der Waals surface area contributed by atoms with Crippen LogP contribution in [-0.4, -0.2) is 12.6 Å². The average Bonchev–Trinajstić information content (AvgIpc) is 2.45. The highest BCUT2D eigenvalue weighted by Gasteiger charge is 2.04. The van der Waals surface area contributed by atoms with Gasteiger partial charge >= 0.3 is 6.03 Å². The maximum atomic E-state index is 12.0. The third-order valence-electron chi connectivity index (χ3n) is 2.66. The zero-order valence-corrected chi connectivity index (χ0v) is 13.0.